The van der Waals surface area contributed by atoms with E-state index in [1.807, 2.05) is 11.8 Å². The summed E-state index contributed by atoms with van der Waals surface area (Å²) >= 11 is 11.5. The van der Waals surface area contributed by atoms with E-state index in [9.17, 15) is 4.79 Å². The first-order valence-corrected chi connectivity index (χ1v) is 6.38. The van der Waals surface area contributed by atoms with Crippen molar-refractivity contribution in [3.63, 3.8) is 0 Å². The number of benzene rings is 1. The number of carboxylic acid groups (broad SMARTS) is 1. The number of rotatable bonds is 6. The molecule has 0 aliphatic carbocycles. The maximum Gasteiger partial charge on any atom is 0.335 e. The number of nitrogens with zero attached hydrogens (tertiary/aromatic N) is 1. The van der Waals surface area contributed by atoms with Gasteiger partial charge >= 0.3 is 5.97 Å². The van der Waals surface area contributed by atoms with Crippen LogP contribution in [0.15, 0.2) is 18.2 Å². The largest absolute Gasteiger partial charge is 0.478 e. The smallest absolute Gasteiger partial charge is 0.335 e. The first kappa shape index (κ1) is 14.1. The van der Waals surface area contributed by atoms with Gasteiger partial charge in [0.1, 0.15) is 0 Å². The second-order valence-electron chi connectivity index (χ2n) is 3.67. The molecule has 1 rings (SSSR count). The summed E-state index contributed by atoms with van der Waals surface area (Å²) in [5.41, 5.74) is 2.18. The zero-order chi connectivity index (χ0) is 12.8. The summed E-state index contributed by atoms with van der Waals surface area (Å²) in [5, 5.41) is 8.97. The van der Waals surface area contributed by atoms with Crippen LogP contribution >= 0.6 is 23.2 Å². The van der Waals surface area contributed by atoms with Crippen molar-refractivity contribution in [2.24, 2.45) is 0 Å². The monoisotopic (exact) mass is 275 g/mol. The van der Waals surface area contributed by atoms with Crippen molar-refractivity contribution < 1.29 is 9.90 Å². The van der Waals surface area contributed by atoms with E-state index < -0.39 is 5.97 Å². The molecule has 0 amide bonds. The number of hydrogen-bond donors (Lipinski definition) is 1. The van der Waals surface area contributed by atoms with E-state index in [1.54, 1.807) is 18.2 Å². The third kappa shape index (κ3) is 3.79. The Bertz CT molecular complexity index is 390. The molecule has 0 saturated carbocycles. The maximum atomic E-state index is 10.9. The van der Waals surface area contributed by atoms with Crippen LogP contribution in [0.3, 0.4) is 0 Å². The fraction of sp³-hybridized carbons (Fsp3) is 0.417. The molecule has 0 aliphatic heterocycles. The highest BCUT2D eigenvalue weighted by molar-refractivity contribution is 6.18. The van der Waals surface area contributed by atoms with E-state index in [0.29, 0.717) is 24.8 Å². The topological polar surface area (TPSA) is 40.5 Å². The first-order chi connectivity index (χ1) is 8.10. The number of carbonyl (C=O) groups is 1. The molecule has 1 aromatic rings. The van der Waals surface area contributed by atoms with Gasteiger partial charge in [0, 0.05) is 30.5 Å². The van der Waals surface area contributed by atoms with E-state index in [-0.39, 0.29) is 5.56 Å². The molecule has 1 N–H and O–H groups in total. The van der Waals surface area contributed by atoms with Crippen molar-refractivity contribution in [2.75, 3.05) is 29.7 Å². The van der Waals surface area contributed by atoms with E-state index in [1.165, 1.54) is 0 Å². The van der Waals surface area contributed by atoms with Gasteiger partial charge in [-0.1, -0.05) is 6.07 Å². The second kappa shape index (κ2) is 6.72. The fourth-order valence-electron chi connectivity index (χ4n) is 1.64. The van der Waals surface area contributed by atoms with Crippen LogP contribution < -0.4 is 4.90 Å². The fourth-order valence-corrected chi connectivity index (χ4v) is 2.05. The molecule has 17 heavy (non-hydrogen) atoms. The number of anilines is 1. The van der Waals surface area contributed by atoms with E-state index in [2.05, 4.69) is 0 Å². The SMILES string of the molecule is Cc1ccc(C(=O)O)cc1N(CCCl)CCCl. The molecule has 0 aromatic heterocycles. The van der Waals surface area contributed by atoms with E-state index in [0.717, 1.165) is 11.3 Å². The molecule has 0 heterocycles. The third-order valence-corrected chi connectivity index (χ3v) is 2.84. The summed E-state index contributed by atoms with van der Waals surface area (Å²) in [6, 6.07) is 5.06. The predicted octanol–water partition coefficient (Wildman–Crippen LogP) is 2.98. The van der Waals surface area contributed by atoms with Gasteiger partial charge in [0.25, 0.3) is 0 Å². The summed E-state index contributed by atoms with van der Waals surface area (Å²) in [4.78, 5) is 12.9. The van der Waals surface area contributed by atoms with Crippen molar-refractivity contribution >= 4 is 34.9 Å². The van der Waals surface area contributed by atoms with Crippen LogP contribution in [0.2, 0.25) is 0 Å². The zero-order valence-corrected chi connectivity index (χ0v) is 11.1. The van der Waals surface area contributed by atoms with Crippen molar-refractivity contribution in [1.29, 1.82) is 0 Å². The van der Waals surface area contributed by atoms with Gasteiger partial charge in [-0.25, -0.2) is 4.79 Å². The summed E-state index contributed by atoms with van der Waals surface area (Å²) in [6.07, 6.45) is 0. The number of aromatic carboxylic acids is 1. The Morgan fingerprint density at radius 2 is 1.88 bits per heavy atom. The first-order valence-electron chi connectivity index (χ1n) is 5.31. The molecule has 5 heteroatoms. The molecule has 0 fully saturated rings. The van der Waals surface area contributed by atoms with Gasteiger partial charge in [-0.2, -0.15) is 0 Å². The Hall–Kier alpha value is -0.930. The Balaban J connectivity index is 3.07. The lowest BCUT2D eigenvalue weighted by molar-refractivity contribution is 0.0697. The number of hydrogen-bond acceptors (Lipinski definition) is 2. The molecule has 1 aromatic carbocycles. The van der Waals surface area contributed by atoms with Crippen LogP contribution in [-0.2, 0) is 0 Å². The normalized spacial score (nSPS) is 10.3. The molecule has 3 nitrogen and oxygen atoms in total. The molecule has 0 radical (unpaired) electrons. The quantitative estimate of drug-likeness (QED) is 0.812. The summed E-state index contributed by atoms with van der Waals surface area (Å²) in [7, 11) is 0. The van der Waals surface area contributed by atoms with Crippen LogP contribution in [0.5, 0.6) is 0 Å². The van der Waals surface area contributed by atoms with Crippen LogP contribution in [0, 0.1) is 6.92 Å². The lowest BCUT2D eigenvalue weighted by Crippen LogP contribution is -2.28. The van der Waals surface area contributed by atoms with Crippen LogP contribution in [0.1, 0.15) is 15.9 Å². The summed E-state index contributed by atoms with van der Waals surface area (Å²) in [6.45, 7) is 3.24. The van der Waals surface area contributed by atoms with Gasteiger partial charge in [0.2, 0.25) is 0 Å². The van der Waals surface area contributed by atoms with Crippen LogP contribution in [0.25, 0.3) is 0 Å². The van der Waals surface area contributed by atoms with Crippen molar-refractivity contribution in [3.05, 3.63) is 29.3 Å². The number of aryl methyl sites for hydroxylation is 1. The number of halogens is 2. The van der Waals surface area contributed by atoms with Crippen molar-refractivity contribution in [3.8, 4) is 0 Å². The van der Waals surface area contributed by atoms with Crippen LogP contribution in [-0.4, -0.2) is 35.9 Å². The zero-order valence-electron chi connectivity index (χ0n) is 9.62. The Morgan fingerprint density at radius 3 is 2.35 bits per heavy atom. The summed E-state index contributed by atoms with van der Waals surface area (Å²) < 4.78 is 0. The minimum atomic E-state index is -0.928. The maximum absolute atomic E-state index is 10.9. The van der Waals surface area contributed by atoms with Gasteiger partial charge < -0.3 is 10.0 Å². The van der Waals surface area contributed by atoms with Gasteiger partial charge in [-0.15, -0.1) is 23.2 Å². The highest BCUT2D eigenvalue weighted by atomic mass is 35.5. The molecule has 0 spiro atoms. The van der Waals surface area contributed by atoms with Gasteiger partial charge in [-0.3, -0.25) is 0 Å². The van der Waals surface area contributed by atoms with Gasteiger partial charge in [0.15, 0.2) is 0 Å². The predicted molar refractivity (Wildman–Crippen MR) is 71.8 cm³/mol. The molecule has 0 aliphatic rings. The van der Waals surface area contributed by atoms with Crippen molar-refractivity contribution in [2.45, 2.75) is 6.92 Å². The molecule has 94 valence electrons. The molecular formula is C12H15Cl2NO2. The Morgan fingerprint density at radius 1 is 1.29 bits per heavy atom. The lowest BCUT2D eigenvalue weighted by Gasteiger charge is -2.25. The molecule has 0 atom stereocenters. The van der Waals surface area contributed by atoms with Crippen molar-refractivity contribution in [1.82, 2.24) is 0 Å². The van der Waals surface area contributed by atoms with E-state index in [4.69, 9.17) is 28.3 Å². The van der Waals surface area contributed by atoms with Gasteiger partial charge in [0.05, 0.1) is 5.56 Å². The minimum Gasteiger partial charge on any atom is -0.478 e. The highest BCUT2D eigenvalue weighted by Crippen LogP contribution is 2.22. The lowest BCUT2D eigenvalue weighted by atomic mass is 10.1. The molecule has 0 unspecified atom stereocenters. The molecule has 0 bridgehead atoms. The van der Waals surface area contributed by atoms with E-state index >= 15 is 0 Å². The standard InChI is InChI=1S/C12H15Cl2NO2/c1-9-2-3-10(12(16)17)8-11(9)15(6-4-13)7-5-14/h2-3,8H,4-7H2,1H3,(H,16,17). The highest BCUT2D eigenvalue weighted by Gasteiger charge is 2.11. The molecule has 0 saturated heterocycles. The Kier molecular flexibility index (Phi) is 5.59. The number of alkyl halides is 2. The second-order valence-corrected chi connectivity index (χ2v) is 4.43. The van der Waals surface area contributed by atoms with Crippen LogP contribution in [0.4, 0.5) is 5.69 Å². The Labute approximate surface area is 111 Å². The third-order valence-electron chi connectivity index (χ3n) is 2.51. The van der Waals surface area contributed by atoms with Gasteiger partial charge in [-0.05, 0) is 24.6 Å². The summed E-state index contributed by atoms with van der Waals surface area (Å²) in [5.74, 6) is 0.0318. The average molecular weight is 276 g/mol. The average Bonchev–Trinajstić information content (AvgIpc) is 2.29. The number of carboxylic acids is 1. The molecular weight excluding hydrogens is 261 g/mol. The minimum absolute atomic E-state index is 0.278.